The molecule has 1 aliphatic rings. The lowest BCUT2D eigenvalue weighted by molar-refractivity contribution is -0.113. The minimum atomic E-state index is -0.150. The van der Waals surface area contributed by atoms with Gasteiger partial charge in [-0.3, -0.25) is 4.79 Å². The summed E-state index contributed by atoms with van der Waals surface area (Å²) < 4.78 is 7.74. The molecule has 136 valence electrons. The summed E-state index contributed by atoms with van der Waals surface area (Å²) in [5.41, 5.74) is 2.42. The van der Waals surface area contributed by atoms with E-state index in [4.69, 9.17) is 4.74 Å². The summed E-state index contributed by atoms with van der Waals surface area (Å²) in [5, 5.41) is 13.3. The van der Waals surface area contributed by atoms with E-state index in [0.29, 0.717) is 17.9 Å². The fraction of sp³-hybridized carbons (Fsp3) is 0.421. The molecule has 26 heavy (non-hydrogen) atoms. The van der Waals surface area contributed by atoms with Crippen molar-refractivity contribution in [2.75, 3.05) is 17.7 Å². The number of aromatic nitrogens is 2. The minimum absolute atomic E-state index is 0.130. The topological polar surface area (TPSA) is 79.9 Å². The molecule has 1 N–H and O–H groups in total. The van der Waals surface area contributed by atoms with Crippen LogP contribution in [-0.4, -0.2) is 33.9 Å². The smallest absolute Gasteiger partial charge is 0.235 e. The molecule has 0 aliphatic carbocycles. The first-order valence-electron chi connectivity index (χ1n) is 8.65. The number of ether oxygens (including phenoxy) is 1. The zero-order valence-corrected chi connectivity index (χ0v) is 15.8. The minimum Gasteiger partial charge on any atom is -0.376 e. The fourth-order valence-corrected chi connectivity index (χ4v) is 3.75. The molecule has 0 spiro atoms. The molecule has 1 amide bonds. The Bertz CT molecular complexity index is 820. The lowest BCUT2D eigenvalue weighted by Crippen LogP contribution is -2.22. The van der Waals surface area contributed by atoms with E-state index in [2.05, 4.69) is 16.4 Å². The predicted octanol–water partition coefficient (Wildman–Crippen LogP) is 3.28. The molecule has 1 atom stereocenters. The number of hydrogen-bond acceptors (Lipinski definition) is 5. The number of pyridine rings is 1. The van der Waals surface area contributed by atoms with Gasteiger partial charge < -0.3 is 14.6 Å². The third-order valence-corrected chi connectivity index (χ3v) is 5.54. The number of amides is 1. The number of nitrogens with zero attached hydrogens (tertiary/aromatic N) is 3. The van der Waals surface area contributed by atoms with Gasteiger partial charge in [-0.05, 0) is 44.4 Å². The number of rotatable bonds is 6. The highest BCUT2D eigenvalue weighted by molar-refractivity contribution is 7.99. The highest BCUT2D eigenvalue weighted by atomic mass is 32.2. The summed E-state index contributed by atoms with van der Waals surface area (Å²) >= 11 is 1.37. The van der Waals surface area contributed by atoms with Gasteiger partial charge in [0.1, 0.15) is 11.9 Å². The maximum Gasteiger partial charge on any atom is 0.235 e. The summed E-state index contributed by atoms with van der Waals surface area (Å²) in [4.78, 5) is 16.7. The van der Waals surface area contributed by atoms with Gasteiger partial charge in [0.05, 0.1) is 29.0 Å². The summed E-state index contributed by atoms with van der Waals surface area (Å²) in [7, 11) is 0. The van der Waals surface area contributed by atoms with Gasteiger partial charge in [0.15, 0.2) is 0 Å². The van der Waals surface area contributed by atoms with Gasteiger partial charge in [0.2, 0.25) is 5.91 Å². The highest BCUT2D eigenvalue weighted by Crippen LogP contribution is 2.28. The van der Waals surface area contributed by atoms with Crippen molar-refractivity contribution in [1.29, 1.82) is 5.26 Å². The number of nitriles is 1. The molecule has 0 aromatic carbocycles. The van der Waals surface area contributed by atoms with Gasteiger partial charge in [0.25, 0.3) is 0 Å². The van der Waals surface area contributed by atoms with Crippen LogP contribution in [-0.2, 0) is 16.1 Å². The van der Waals surface area contributed by atoms with Crippen molar-refractivity contribution in [3.8, 4) is 6.07 Å². The Kier molecular flexibility index (Phi) is 5.96. The van der Waals surface area contributed by atoms with E-state index < -0.39 is 0 Å². The first-order valence-corrected chi connectivity index (χ1v) is 9.63. The van der Waals surface area contributed by atoms with E-state index in [1.807, 2.05) is 36.6 Å². The Morgan fingerprint density at radius 2 is 2.35 bits per heavy atom. The molecule has 0 bridgehead atoms. The van der Waals surface area contributed by atoms with Crippen molar-refractivity contribution in [2.24, 2.45) is 0 Å². The summed E-state index contributed by atoms with van der Waals surface area (Å²) in [6.07, 6.45) is 3.89. The molecule has 3 rings (SSSR count). The molecule has 3 heterocycles. The van der Waals surface area contributed by atoms with E-state index in [1.165, 1.54) is 11.8 Å². The zero-order valence-electron chi connectivity index (χ0n) is 15.0. The van der Waals surface area contributed by atoms with Crippen LogP contribution in [0.25, 0.3) is 0 Å². The van der Waals surface area contributed by atoms with Crippen molar-refractivity contribution in [2.45, 2.75) is 44.4 Å². The van der Waals surface area contributed by atoms with Crippen LogP contribution in [0.5, 0.6) is 0 Å². The van der Waals surface area contributed by atoms with Crippen LogP contribution < -0.4 is 5.32 Å². The lowest BCUT2D eigenvalue weighted by atomic mass is 10.2. The first-order chi connectivity index (χ1) is 12.6. The van der Waals surface area contributed by atoms with E-state index in [9.17, 15) is 10.1 Å². The van der Waals surface area contributed by atoms with E-state index >= 15 is 0 Å². The van der Waals surface area contributed by atoms with Crippen molar-refractivity contribution in [1.82, 2.24) is 9.55 Å². The number of anilines is 1. The lowest BCUT2D eigenvalue weighted by Gasteiger charge is -2.16. The molecule has 1 saturated heterocycles. The molecule has 1 fully saturated rings. The second kappa shape index (κ2) is 8.39. The monoisotopic (exact) mass is 370 g/mol. The maximum atomic E-state index is 12.5. The second-order valence-electron chi connectivity index (χ2n) is 6.30. The largest absolute Gasteiger partial charge is 0.376 e. The number of hydrogen-bond donors (Lipinski definition) is 1. The Hall–Kier alpha value is -2.30. The van der Waals surface area contributed by atoms with E-state index in [0.717, 1.165) is 35.7 Å². The molecule has 2 aromatic rings. The SMILES string of the molecule is Cc1c(C#N)c(NC(=O)CSc2ccccn2)n(C[C@H]2CCCO2)c1C. The highest BCUT2D eigenvalue weighted by Gasteiger charge is 2.23. The Labute approximate surface area is 157 Å². The Morgan fingerprint density at radius 3 is 3.00 bits per heavy atom. The zero-order chi connectivity index (χ0) is 18.5. The van der Waals surface area contributed by atoms with Crippen LogP contribution in [0.3, 0.4) is 0 Å². The van der Waals surface area contributed by atoms with Crippen LogP contribution in [0.2, 0.25) is 0 Å². The van der Waals surface area contributed by atoms with Crippen LogP contribution in [0.15, 0.2) is 29.4 Å². The van der Waals surface area contributed by atoms with Gasteiger partial charge in [-0.2, -0.15) is 5.26 Å². The maximum absolute atomic E-state index is 12.5. The average Bonchev–Trinajstić information content (AvgIpc) is 3.24. The van der Waals surface area contributed by atoms with Crippen LogP contribution in [0.4, 0.5) is 5.82 Å². The van der Waals surface area contributed by atoms with E-state index in [1.54, 1.807) is 6.20 Å². The Morgan fingerprint density at radius 1 is 1.50 bits per heavy atom. The molecular weight excluding hydrogens is 348 g/mol. The Balaban J connectivity index is 1.75. The molecule has 2 aromatic heterocycles. The summed E-state index contributed by atoms with van der Waals surface area (Å²) in [6.45, 7) is 5.32. The van der Waals surface area contributed by atoms with Crippen molar-refractivity contribution in [3.05, 3.63) is 41.2 Å². The number of carbonyl (C=O) groups is 1. The average molecular weight is 370 g/mol. The molecule has 1 aliphatic heterocycles. The van der Waals surface area contributed by atoms with Gasteiger partial charge in [-0.15, -0.1) is 0 Å². The number of nitrogens with one attached hydrogen (secondary N) is 1. The second-order valence-corrected chi connectivity index (χ2v) is 7.29. The quantitative estimate of drug-likeness (QED) is 0.789. The molecule has 0 radical (unpaired) electrons. The molecule has 0 unspecified atom stereocenters. The van der Waals surface area contributed by atoms with Gasteiger partial charge in [-0.25, -0.2) is 4.98 Å². The predicted molar refractivity (Wildman–Crippen MR) is 101 cm³/mol. The number of thioether (sulfide) groups is 1. The van der Waals surface area contributed by atoms with Crippen molar-refractivity contribution in [3.63, 3.8) is 0 Å². The van der Waals surface area contributed by atoms with E-state index in [-0.39, 0.29) is 17.8 Å². The molecule has 6 nitrogen and oxygen atoms in total. The van der Waals surface area contributed by atoms with Gasteiger partial charge in [0, 0.05) is 18.5 Å². The molecular formula is C19H22N4O2S. The van der Waals surface area contributed by atoms with Crippen LogP contribution >= 0.6 is 11.8 Å². The normalized spacial score (nSPS) is 16.4. The van der Waals surface area contributed by atoms with Crippen LogP contribution in [0.1, 0.15) is 29.7 Å². The van der Waals surface area contributed by atoms with Crippen LogP contribution in [0, 0.1) is 25.2 Å². The molecule has 7 heteroatoms. The standard InChI is InChI=1S/C19H22N4O2S/c1-13-14(2)23(11-15-6-5-9-25-15)19(16(13)10-20)22-17(24)12-26-18-7-3-4-8-21-18/h3-4,7-8,15H,5-6,9,11-12H2,1-2H3,(H,22,24)/t15-/m1/s1. The first kappa shape index (κ1) is 18.5. The third kappa shape index (κ3) is 4.09. The van der Waals surface area contributed by atoms with Crippen molar-refractivity contribution >= 4 is 23.5 Å². The third-order valence-electron chi connectivity index (χ3n) is 4.60. The number of carbonyl (C=O) groups excluding carboxylic acids is 1. The fourth-order valence-electron chi connectivity index (χ4n) is 3.09. The molecule has 0 saturated carbocycles. The van der Waals surface area contributed by atoms with Gasteiger partial charge in [-0.1, -0.05) is 17.8 Å². The van der Waals surface area contributed by atoms with Gasteiger partial charge >= 0.3 is 0 Å². The summed E-state index contributed by atoms with van der Waals surface area (Å²) in [6, 6.07) is 7.83. The van der Waals surface area contributed by atoms with Crippen molar-refractivity contribution < 1.29 is 9.53 Å². The summed E-state index contributed by atoms with van der Waals surface area (Å²) in [5.74, 6) is 0.665.